The smallest absolute Gasteiger partial charge is 0.191 e. The molecule has 2 aromatic rings. The topological polar surface area (TPSA) is 77.0 Å². The SMILES string of the molecule is CCNC(=NCCc1csc(C)n1)NCCc1c(OC)cc(OC)cc1OC. The third kappa shape index (κ3) is 6.30. The van der Waals surface area contributed by atoms with Crippen molar-refractivity contribution >= 4 is 17.3 Å². The first kappa shape index (κ1) is 21.8. The van der Waals surface area contributed by atoms with E-state index in [4.69, 9.17) is 14.2 Å². The number of aromatic nitrogens is 1. The molecule has 2 rings (SSSR count). The molecule has 1 heterocycles. The summed E-state index contributed by atoms with van der Waals surface area (Å²) in [6.45, 7) is 6.26. The van der Waals surface area contributed by atoms with Gasteiger partial charge in [0.1, 0.15) is 17.2 Å². The Hall–Kier alpha value is -2.48. The number of nitrogens with zero attached hydrogens (tertiary/aromatic N) is 2. The highest BCUT2D eigenvalue weighted by molar-refractivity contribution is 7.09. The van der Waals surface area contributed by atoms with Gasteiger partial charge < -0.3 is 24.8 Å². The highest BCUT2D eigenvalue weighted by atomic mass is 32.1. The Morgan fingerprint density at radius 3 is 2.32 bits per heavy atom. The van der Waals surface area contributed by atoms with Gasteiger partial charge in [0.25, 0.3) is 0 Å². The average molecular weight is 407 g/mol. The van der Waals surface area contributed by atoms with E-state index < -0.39 is 0 Å². The number of benzene rings is 1. The predicted octanol–water partition coefficient (Wildman–Crippen LogP) is 2.82. The maximum atomic E-state index is 5.51. The standard InChI is InChI=1S/C20H30N4O3S/c1-6-21-20(22-9-7-15-13-28-14(2)24-15)23-10-8-17-18(26-4)11-16(25-3)12-19(17)27-5/h11-13H,6-10H2,1-5H3,(H2,21,22,23). The van der Waals surface area contributed by atoms with Crippen LogP contribution in [0.5, 0.6) is 17.2 Å². The minimum atomic E-state index is 0.688. The van der Waals surface area contributed by atoms with Crippen LogP contribution >= 0.6 is 11.3 Å². The summed E-state index contributed by atoms with van der Waals surface area (Å²) in [5.41, 5.74) is 2.09. The van der Waals surface area contributed by atoms with Crippen LogP contribution in [-0.2, 0) is 12.8 Å². The lowest BCUT2D eigenvalue weighted by Crippen LogP contribution is -2.38. The van der Waals surface area contributed by atoms with Crippen LogP contribution in [0.25, 0.3) is 0 Å². The fourth-order valence-electron chi connectivity index (χ4n) is 2.78. The van der Waals surface area contributed by atoms with Gasteiger partial charge in [0.15, 0.2) is 5.96 Å². The molecule has 0 fully saturated rings. The van der Waals surface area contributed by atoms with Gasteiger partial charge in [-0.2, -0.15) is 0 Å². The number of aryl methyl sites for hydroxylation is 1. The first-order chi connectivity index (χ1) is 13.6. The number of thiazole rings is 1. The zero-order chi connectivity index (χ0) is 20.4. The van der Waals surface area contributed by atoms with E-state index in [0.717, 1.165) is 53.1 Å². The molecule has 7 nitrogen and oxygen atoms in total. The molecule has 0 atom stereocenters. The van der Waals surface area contributed by atoms with Gasteiger partial charge in [0, 0.05) is 49.1 Å². The molecule has 0 amide bonds. The Morgan fingerprint density at radius 2 is 1.79 bits per heavy atom. The number of aliphatic imine (C=N–C) groups is 1. The summed E-state index contributed by atoms with van der Waals surface area (Å²) in [5.74, 6) is 3.00. The van der Waals surface area contributed by atoms with Crippen LogP contribution in [0.3, 0.4) is 0 Å². The van der Waals surface area contributed by atoms with Crippen LogP contribution in [0.4, 0.5) is 0 Å². The van der Waals surface area contributed by atoms with E-state index in [0.29, 0.717) is 18.8 Å². The van der Waals surface area contributed by atoms with Gasteiger partial charge in [-0.1, -0.05) is 0 Å². The first-order valence-electron chi connectivity index (χ1n) is 9.33. The molecule has 1 aromatic heterocycles. The Kier molecular flexibility index (Phi) is 8.87. The Balaban J connectivity index is 1.97. The fraction of sp³-hybridized carbons (Fsp3) is 0.500. The van der Waals surface area contributed by atoms with Gasteiger partial charge in [-0.25, -0.2) is 4.98 Å². The summed E-state index contributed by atoms with van der Waals surface area (Å²) in [6, 6.07) is 3.74. The van der Waals surface area contributed by atoms with Crippen molar-refractivity contribution in [1.82, 2.24) is 15.6 Å². The second kappa shape index (κ2) is 11.4. The van der Waals surface area contributed by atoms with Crippen LogP contribution in [-0.4, -0.2) is 51.9 Å². The lowest BCUT2D eigenvalue weighted by Gasteiger charge is -2.16. The molecule has 0 spiro atoms. The first-order valence-corrected chi connectivity index (χ1v) is 10.2. The molecule has 0 unspecified atom stereocenters. The zero-order valence-corrected chi connectivity index (χ0v) is 18.1. The monoisotopic (exact) mass is 406 g/mol. The number of hydrogen-bond donors (Lipinski definition) is 2. The number of rotatable bonds is 10. The number of nitrogens with one attached hydrogen (secondary N) is 2. The molecule has 0 radical (unpaired) electrons. The van der Waals surface area contributed by atoms with Crippen LogP contribution in [0.1, 0.15) is 23.2 Å². The van der Waals surface area contributed by atoms with E-state index in [1.807, 2.05) is 19.1 Å². The van der Waals surface area contributed by atoms with E-state index in [2.05, 4.69) is 32.9 Å². The molecular weight excluding hydrogens is 376 g/mol. The lowest BCUT2D eigenvalue weighted by atomic mass is 10.1. The minimum Gasteiger partial charge on any atom is -0.496 e. The van der Waals surface area contributed by atoms with Crippen molar-refractivity contribution < 1.29 is 14.2 Å². The molecule has 154 valence electrons. The van der Waals surface area contributed by atoms with Gasteiger partial charge in [0.2, 0.25) is 0 Å². The quantitative estimate of drug-likeness (QED) is 0.467. The van der Waals surface area contributed by atoms with Gasteiger partial charge in [-0.3, -0.25) is 4.99 Å². The molecule has 1 aromatic carbocycles. The summed E-state index contributed by atoms with van der Waals surface area (Å²) in [7, 11) is 4.93. The highest BCUT2D eigenvalue weighted by Crippen LogP contribution is 2.34. The highest BCUT2D eigenvalue weighted by Gasteiger charge is 2.13. The molecule has 0 aliphatic carbocycles. The van der Waals surface area contributed by atoms with Crippen molar-refractivity contribution in [2.24, 2.45) is 4.99 Å². The summed E-state index contributed by atoms with van der Waals surface area (Å²) >= 11 is 1.67. The van der Waals surface area contributed by atoms with Crippen LogP contribution < -0.4 is 24.8 Å². The van der Waals surface area contributed by atoms with Gasteiger partial charge in [-0.15, -0.1) is 11.3 Å². The Morgan fingerprint density at radius 1 is 1.07 bits per heavy atom. The fourth-order valence-corrected chi connectivity index (χ4v) is 3.42. The minimum absolute atomic E-state index is 0.688. The summed E-state index contributed by atoms with van der Waals surface area (Å²) in [6.07, 6.45) is 1.56. The van der Waals surface area contributed by atoms with E-state index in [-0.39, 0.29) is 0 Å². The molecule has 0 aliphatic heterocycles. The van der Waals surface area contributed by atoms with E-state index >= 15 is 0 Å². The molecule has 0 saturated carbocycles. The van der Waals surface area contributed by atoms with Crippen molar-refractivity contribution in [1.29, 1.82) is 0 Å². The van der Waals surface area contributed by atoms with E-state index in [9.17, 15) is 0 Å². The Labute approximate surface area is 171 Å². The molecule has 8 heteroatoms. The largest absolute Gasteiger partial charge is 0.496 e. The van der Waals surface area contributed by atoms with Crippen LogP contribution in [0, 0.1) is 6.92 Å². The van der Waals surface area contributed by atoms with Gasteiger partial charge in [0.05, 0.1) is 32.0 Å². The van der Waals surface area contributed by atoms with E-state index in [1.165, 1.54) is 0 Å². The molecular formula is C20H30N4O3S. The van der Waals surface area contributed by atoms with Crippen molar-refractivity contribution in [2.45, 2.75) is 26.7 Å². The van der Waals surface area contributed by atoms with Gasteiger partial charge in [-0.05, 0) is 20.3 Å². The molecule has 0 saturated heterocycles. The number of methoxy groups -OCH3 is 3. The molecule has 28 heavy (non-hydrogen) atoms. The maximum absolute atomic E-state index is 5.51. The number of ether oxygens (including phenoxy) is 3. The second-order valence-corrected chi connectivity index (χ2v) is 7.12. The lowest BCUT2D eigenvalue weighted by molar-refractivity contribution is 0.368. The summed E-state index contributed by atoms with van der Waals surface area (Å²) in [4.78, 5) is 9.12. The zero-order valence-electron chi connectivity index (χ0n) is 17.3. The normalized spacial score (nSPS) is 11.2. The van der Waals surface area contributed by atoms with Crippen molar-refractivity contribution in [3.63, 3.8) is 0 Å². The Bertz CT molecular complexity index is 752. The van der Waals surface area contributed by atoms with Crippen LogP contribution in [0.2, 0.25) is 0 Å². The number of guanidine groups is 1. The van der Waals surface area contributed by atoms with Crippen molar-refractivity contribution in [2.75, 3.05) is 41.0 Å². The molecule has 0 bridgehead atoms. The third-order valence-corrected chi connectivity index (χ3v) is 4.96. The number of hydrogen-bond acceptors (Lipinski definition) is 6. The third-order valence-electron chi connectivity index (χ3n) is 4.13. The molecule has 0 aliphatic rings. The molecule has 2 N–H and O–H groups in total. The van der Waals surface area contributed by atoms with E-state index in [1.54, 1.807) is 32.7 Å². The summed E-state index contributed by atoms with van der Waals surface area (Å²) in [5, 5.41) is 9.82. The van der Waals surface area contributed by atoms with Crippen molar-refractivity contribution in [3.8, 4) is 17.2 Å². The summed E-state index contributed by atoms with van der Waals surface area (Å²) < 4.78 is 16.3. The second-order valence-electron chi connectivity index (χ2n) is 6.06. The van der Waals surface area contributed by atoms with Crippen LogP contribution in [0.15, 0.2) is 22.5 Å². The van der Waals surface area contributed by atoms with Crippen molar-refractivity contribution in [3.05, 3.63) is 33.8 Å². The maximum Gasteiger partial charge on any atom is 0.191 e. The predicted molar refractivity (Wildman–Crippen MR) is 114 cm³/mol. The van der Waals surface area contributed by atoms with Gasteiger partial charge >= 0.3 is 0 Å². The average Bonchev–Trinajstić information content (AvgIpc) is 3.12.